The third kappa shape index (κ3) is 3.70. The van der Waals surface area contributed by atoms with Crippen LogP contribution < -0.4 is 0 Å². The van der Waals surface area contributed by atoms with Gasteiger partial charge in [0.1, 0.15) is 0 Å². The second-order valence-electron chi connectivity index (χ2n) is 6.50. The number of carbonyl (C=O) groups is 1. The lowest BCUT2D eigenvalue weighted by molar-refractivity contribution is 0.0725. The molecule has 26 heavy (non-hydrogen) atoms. The maximum absolute atomic E-state index is 12.7. The number of ether oxygens (including phenoxy) is 1. The Balaban J connectivity index is 1.49. The number of benzene rings is 1. The lowest BCUT2D eigenvalue weighted by Crippen LogP contribution is -2.37. The van der Waals surface area contributed by atoms with Crippen LogP contribution in [-0.4, -0.2) is 52.1 Å². The van der Waals surface area contributed by atoms with Crippen LogP contribution in [0, 0.1) is 5.92 Å². The van der Waals surface area contributed by atoms with Gasteiger partial charge in [0.05, 0.1) is 18.7 Å². The fourth-order valence-corrected chi connectivity index (χ4v) is 3.32. The van der Waals surface area contributed by atoms with E-state index in [0.29, 0.717) is 26.3 Å². The van der Waals surface area contributed by atoms with Crippen molar-refractivity contribution in [2.45, 2.75) is 6.42 Å². The smallest absolute Gasteiger partial charge is 0.291 e. The van der Waals surface area contributed by atoms with Crippen LogP contribution in [0.3, 0.4) is 0 Å². The Hall–Kier alpha value is -2.86. The predicted molar refractivity (Wildman–Crippen MR) is 97.7 cm³/mol. The number of hydrogen-bond acceptors (Lipinski definition) is 5. The van der Waals surface area contributed by atoms with Gasteiger partial charge in [0, 0.05) is 43.0 Å². The standard InChI is InChI=1S/C20H20N4O2/c25-20(19-22-7-2-8-23-19)24-9-10-26-14-16(13-24)11-15-4-5-18-17(12-15)3-1-6-21-18/h1-8,12,16H,9-11,13-14H2. The molecule has 0 bridgehead atoms. The van der Waals surface area contributed by atoms with Crippen molar-refractivity contribution in [3.8, 4) is 0 Å². The Kier molecular flexibility index (Phi) is 4.84. The van der Waals surface area contributed by atoms with Gasteiger partial charge in [0.2, 0.25) is 5.82 Å². The first-order valence-corrected chi connectivity index (χ1v) is 8.77. The van der Waals surface area contributed by atoms with Gasteiger partial charge in [-0.25, -0.2) is 9.97 Å². The molecule has 0 aliphatic carbocycles. The van der Waals surface area contributed by atoms with E-state index in [9.17, 15) is 4.79 Å². The average Bonchev–Trinajstić information content (AvgIpc) is 2.93. The summed E-state index contributed by atoms with van der Waals surface area (Å²) in [4.78, 5) is 27.0. The molecule has 0 radical (unpaired) electrons. The molecule has 2 aromatic heterocycles. The van der Waals surface area contributed by atoms with Crippen LogP contribution in [0.2, 0.25) is 0 Å². The third-order valence-corrected chi connectivity index (χ3v) is 4.57. The fourth-order valence-electron chi connectivity index (χ4n) is 3.32. The first-order chi connectivity index (χ1) is 12.8. The van der Waals surface area contributed by atoms with Crippen LogP contribution in [0.25, 0.3) is 10.9 Å². The topological polar surface area (TPSA) is 68.2 Å². The lowest BCUT2D eigenvalue weighted by atomic mass is 9.98. The average molecular weight is 348 g/mol. The Bertz CT molecular complexity index is 900. The molecule has 4 rings (SSSR count). The second kappa shape index (κ2) is 7.58. The van der Waals surface area contributed by atoms with E-state index in [1.807, 2.05) is 12.1 Å². The van der Waals surface area contributed by atoms with Crippen molar-refractivity contribution >= 4 is 16.8 Å². The van der Waals surface area contributed by atoms with E-state index >= 15 is 0 Å². The molecule has 1 atom stereocenters. The lowest BCUT2D eigenvalue weighted by Gasteiger charge is -2.23. The first-order valence-electron chi connectivity index (χ1n) is 8.77. The summed E-state index contributed by atoms with van der Waals surface area (Å²) in [5, 5.41) is 1.13. The molecule has 3 heterocycles. The molecule has 1 unspecified atom stereocenters. The Morgan fingerprint density at radius 1 is 1.12 bits per heavy atom. The zero-order valence-electron chi connectivity index (χ0n) is 14.4. The Labute approximate surface area is 151 Å². The Morgan fingerprint density at radius 2 is 1.96 bits per heavy atom. The quantitative estimate of drug-likeness (QED) is 0.727. The van der Waals surface area contributed by atoms with E-state index in [-0.39, 0.29) is 17.6 Å². The fraction of sp³-hybridized carbons (Fsp3) is 0.300. The number of carbonyl (C=O) groups excluding carboxylic acids is 1. The minimum Gasteiger partial charge on any atom is -0.379 e. The predicted octanol–water partition coefficient (Wildman–Crippen LogP) is 2.36. The highest BCUT2D eigenvalue weighted by Gasteiger charge is 2.25. The Morgan fingerprint density at radius 3 is 2.85 bits per heavy atom. The number of amides is 1. The largest absolute Gasteiger partial charge is 0.379 e. The van der Waals surface area contributed by atoms with Gasteiger partial charge in [0.15, 0.2) is 0 Å². The highest BCUT2D eigenvalue weighted by atomic mass is 16.5. The molecule has 3 aromatic rings. The van der Waals surface area contributed by atoms with Crippen molar-refractivity contribution in [1.82, 2.24) is 19.9 Å². The summed E-state index contributed by atoms with van der Waals surface area (Å²) >= 11 is 0. The van der Waals surface area contributed by atoms with Crippen LogP contribution >= 0.6 is 0 Å². The molecule has 0 saturated carbocycles. The maximum Gasteiger partial charge on any atom is 0.291 e. The van der Waals surface area contributed by atoms with Gasteiger partial charge in [0.25, 0.3) is 5.91 Å². The summed E-state index contributed by atoms with van der Waals surface area (Å²) in [6, 6.07) is 12.0. The number of pyridine rings is 1. The van der Waals surface area contributed by atoms with E-state index in [2.05, 4.69) is 33.2 Å². The molecule has 1 aromatic carbocycles. The minimum atomic E-state index is -0.135. The molecule has 1 saturated heterocycles. The van der Waals surface area contributed by atoms with Crippen LogP contribution in [0.15, 0.2) is 55.0 Å². The highest BCUT2D eigenvalue weighted by Crippen LogP contribution is 2.19. The van der Waals surface area contributed by atoms with Gasteiger partial charge in [-0.15, -0.1) is 0 Å². The number of aromatic nitrogens is 3. The third-order valence-electron chi connectivity index (χ3n) is 4.57. The zero-order chi connectivity index (χ0) is 17.8. The van der Waals surface area contributed by atoms with Gasteiger partial charge in [-0.2, -0.15) is 0 Å². The number of nitrogens with zero attached hydrogens (tertiary/aromatic N) is 4. The van der Waals surface area contributed by atoms with Crippen LogP contribution in [0.4, 0.5) is 0 Å². The minimum absolute atomic E-state index is 0.135. The summed E-state index contributed by atoms with van der Waals surface area (Å²) in [6.07, 6.45) is 5.84. The van der Waals surface area contributed by atoms with Gasteiger partial charge < -0.3 is 9.64 Å². The van der Waals surface area contributed by atoms with Gasteiger partial charge in [-0.05, 0) is 36.2 Å². The zero-order valence-corrected chi connectivity index (χ0v) is 14.4. The van der Waals surface area contributed by atoms with Crippen molar-refractivity contribution in [3.05, 3.63) is 66.4 Å². The van der Waals surface area contributed by atoms with Crippen molar-refractivity contribution in [2.75, 3.05) is 26.3 Å². The molecule has 132 valence electrons. The number of fused-ring (bicyclic) bond motifs is 1. The molecule has 1 fully saturated rings. The van der Waals surface area contributed by atoms with E-state index in [4.69, 9.17) is 4.74 Å². The summed E-state index contributed by atoms with van der Waals surface area (Å²) in [6.45, 7) is 2.39. The normalized spacial score (nSPS) is 17.8. The molecule has 1 aliphatic rings. The van der Waals surface area contributed by atoms with Crippen molar-refractivity contribution in [2.24, 2.45) is 5.92 Å². The van der Waals surface area contributed by atoms with Gasteiger partial charge in [-0.3, -0.25) is 9.78 Å². The van der Waals surface area contributed by atoms with E-state index in [1.54, 1.807) is 29.6 Å². The monoisotopic (exact) mass is 348 g/mol. The molecule has 1 amide bonds. The second-order valence-corrected chi connectivity index (χ2v) is 6.50. The van der Waals surface area contributed by atoms with Gasteiger partial charge in [-0.1, -0.05) is 12.1 Å². The number of rotatable bonds is 3. The summed E-state index contributed by atoms with van der Waals surface area (Å²) in [7, 11) is 0. The maximum atomic E-state index is 12.7. The molecular formula is C20H20N4O2. The SMILES string of the molecule is O=C(c1ncccn1)N1CCOCC(Cc2ccc3ncccc3c2)C1. The summed E-state index contributed by atoms with van der Waals surface area (Å²) in [5.74, 6) is 0.341. The van der Waals surface area contributed by atoms with Crippen molar-refractivity contribution < 1.29 is 9.53 Å². The first kappa shape index (κ1) is 16.6. The molecule has 0 spiro atoms. The molecule has 6 nitrogen and oxygen atoms in total. The van der Waals surface area contributed by atoms with E-state index in [0.717, 1.165) is 17.3 Å². The van der Waals surface area contributed by atoms with Crippen LogP contribution in [0.1, 0.15) is 16.2 Å². The number of hydrogen-bond donors (Lipinski definition) is 0. The molecular weight excluding hydrogens is 328 g/mol. The molecule has 6 heteroatoms. The molecule has 1 aliphatic heterocycles. The highest BCUT2D eigenvalue weighted by molar-refractivity contribution is 5.90. The van der Waals surface area contributed by atoms with E-state index < -0.39 is 0 Å². The van der Waals surface area contributed by atoms with Crippen LogP contribution in [-0.2, 0) is 11.2 Å². The summed E-state index contributed by atoms with van der Waals surface area (Å²) in [5.41, 5.74) is 2.22. The van der Waals surface area contributed by atoms with Gasteiger partial charge >= 0.3 is 0 Å². The van der Waals surface area contributed by atoms with Crippen molar-refractivity contribution in [3.63, 3.8) is 0 Å². The van der Waals surface area contributed by atoms with Crippen molar-refractivity contribution in [1.29, 1.82) is 0 Å². The summed E-state index contributed by atoms with van der Waals surface area (Å²) < 4.78 is 5.74. The van der Waals surface area contributed by atoms with Crippen LogP contribution in [0.5, 0.6) is 0 Å². The van der Waals surface area contributed by atoms with E-state index in [1.165, 1.54) is 5.56 Å². The molecule has 0 N–H and O–H groups in total.